The summed E-state index contributed by atoms with van der Waals surface area (Å²) in [7, 11) is 1.87. The number of hydrogen-bond acceptors (Lipinski definition) is 4. The number of carbonyl (C=O) groups excluding carboxylic acids is 2. The van der Waals surface area contributed by atoms with Gasteiger partial charge in [0.1, 0.15) is 0 Å². The maximum Gasteiger partial charge on any atom is 0.236 e. The van der Waals surface area contributed by atoms with Crippen LogP contribution in [0.5, 0.6) is 0 Å². The van der Waals surface area contributed by atoms with E-state index in [4.69, 9.17) is 0 Å². The molecule has 0 saturated carbocycles. The lowest BCUT2D eigenvalue weighted by atomic mass is 10.1. The highest BCUT2D eigenvalue weighted by atomic mass is 16.2. The zero-order valence-electron chi connectivity index (χ0n) is 17.3. The van der Waals surface area contributed by atoms with Crippen LogP contribution in [-0.2, 0) is 16.1 Å². The number of hydrogen-bond donors (Lipinski definition) is 0. The van der Waals surface area contributed by atoms with Crippen molar-refractivity contribution in [3.05, 3.63) is 35.4 Å². The quantitative estimate of drug-likeness (QED) is 0.691. The molecule has 1 aromatic rings. The first-order valence-electron chi connectivity index (χ1n) is 9.95. The average molecular weight is 375 g/mol. The number of rotatable bonds is 8. The van der Waals surface area contributed by atoms with Crippen molar-refractivity contribution in [1.82, 2.24) is 19.6 Å². The van der Waals surface area contributed by atoms with Gasteiger partial charge in [0, 0.05) is 52.9 Å². The predicted octanol–water partition coefficient (Wildman–Crippen LogP) is 1.44. The molecule has 27 heavy (non-hydrogen) atoms. The fraction of sp³-hybridized carbons (Fsp3) is 0.619. The van der Waals surface area contributed by atoms with Crippen LogP contribution >= 0.6 is 0 Å². The average Bonchev–Trinajstić information content (AvgIpc) is 2.66. The highest BCUT2D eigenvalue weighted by Gasteiger charge is 2.23. The van der Waals surface area contributed by atoms with Crippen LogP contribution < -0.4 is 0 Å². The number of likely N-dealkylation sites (N-methyl/N-ethyl adjacent to an activating group) is 2. The molecule has 0 N–H and O–H groups in total. The lowest BCUT2D eigenvalue weighted by Gasteiger charge is -2.35. The highest BCUT2D eigenvalue weighted by Crippen LogP contribution is 2.10. The third kappa shape index (κ3) is 6.33. The van der Waals surface area contributed by atoms with Crippen molar-refractivity contribution < 1.29 is 9.59 Å². The standard InChI is InChI=1S/C21H34N4O2/c1-5-25(6-2)21(27)17-24-13-11-23(12-14-24)16-20(26)22(4)15-19-10-8-7-9-18(19)3/h7-10H,5-6,11-17H2,1-4H3. The SMILES string of the molecule is CCN(CC)C(=O)CN1CCN(CC(=O)N(C)Cc2ccccc2C)CC1. The third-order valence-corrected chi connectivity index (χ3v) is 5.39. The number of carbonyl (C=O) groups is 2. The third-order valence-electron chi connectivity index (χ3n) is 5.39. The minimum atomic E-state index is 0.144. The fourth-order valence-electron chi connectivity index (χ4n) is 3.42. The van der Waals surface area contributed by atoms with Crippen LogP contribution in [-0.4, -0.2) is 90.8 Å². The number of benzene rings is 1. The Labute approximate surface area is 163 Å². The van der Waals surface area contributed by atoms with E-state index >= 15 is 0 Å². The molecule has 0 bridgehead atoms. The smallest absolute Gasteiger partial charge is 0.236 e. The molecule has 150 valence electrons. The molecule has 1 saturated heterocycles. The molecule has 0 spiro atoms. The fourth-order valence-corrected chi connectivity index (χ4v) is 3.42. The second-order valence-corrected chi connectivity index (χ2v) is 7.29. The molecular formula is C21H34N4O2. The van der Waals surface area contributed by atoms with Crippen molar-refractivity contribution in [2.75, 3.05) is 59.4 Å². The molecule has 0 radical (unpaired) electrons. The Morgan fingerprint density at radius 1 is 0.926 bits per heavy atom. The van der Waals surface area contributed by atoms with Gasteiger partial charge in [0.25, 0.3) is 0 Å². The van der Waals surface area contributed by atoms with E-state index in [-0.39, 0.29) is 11.8 Å². The van der Waals surface area contributed by atoms with Gasteiger partial charge >= 0.3 is 0 Å². The van der Waals surface area contributed by atoms with E-state index in [2.05, 4.69) is 28.9 Å². The Morgan fingerprint density at radius 3 is 1.96 bits per heavy atom. The molecule has 1 aliphatic heterocycles. The van der Waals surface area contributed by atoms with E-state index in [1.165, 1.54) is 11.1 Å². The van der Waals surface area contributed by atoms with E-state index in [0.717, 1.165) is 39.3 Å². The normalized spacial score (nSPS) is 15.6. The summed E-state index contributed by atoms with van der Waals surface area (Å²) < 4.78 is 0. The summed E-state index contributed by atoms with van der Waals surface area (Å²) >= 11 is 0. The molecule has 0 aliphatic carbocycles. The van der Waals surface area contributed by atoms with Gasteiger partial charge in [-0.3, -0.25) is 19.4 Å². The van der Waals surface area contributed by atoms with Crippen LogP contribution in [0.1, 0.15) is 25.0 Å². The molecule has 6 nitrogen and oxygen atoms in total. The summed E-state index contributed by atoms with van der Waals surface area (Å²) in [4.78, 5) is 32.9. The first kappa shape index (κ1) is 21.4. The van der Waals surface area contributed by atoms with Gasteiger partial charge in [-0.05, 0) is 31.9 Å². The summed E-state index contributed by atoms with van der Waals surface area (Å²) in [5, 5.41) is 0. The molecule has 0 aromatic heterocycles. The Morgan fingerprint density at radius 2 is 1.44 bits per heavy atom. The van der Waals surface area contributed by atoms with Crippen molar-refractivity contribution in [1.29, 1.82) is 0 Å². The van der Waals surface area contributed by atoms with Crippen LogP contribution in [0.25, 0.3) is 0 Å². The lowest BCUT2D eigenvalue weighted by Crippen LogP contribution is -2.52. The second kappa shape index (κ2) is 10.4. The first-order chi connectivity index (χ1) is 12.9. The van der Waals surface area contributed by atoms with E-state index in [0.29, 0.717) is 19.6 Å². The summed E-state index contributed by atoms with van der Waals surface area (Å²) in [5.41, 5.74) is 2.40. The summed E-state index contributed by atoms with van der Waals surface area (Å²) in [5.74, 6) is 0.341. The van der Waals surface area contributed by atoms with Crippen molar-refractivity contribution in [2.24, 2.45) is 0 Å². The summed E-state index contributed by atoms with van der Waals surface area (Å²) in [6, 6.07) is 8.18. The lowest BCUT2D eigenvalue weighted by molar-refractivity contribution is -0.134. The molecule has 1 heterocycles. The summed E-state index contributed by atoms with van der Waals surface area (Å²) in [6.07, 6.45) is 0. The van der Waals surface area contributed by atoms with Gasteiger partial charge in [0.2, 0.25) is 11.8 Å². The Kier molecular flexibility index (Phi) is 8.25. The van der Waals surface area contributed by atoms with Gasteiger partial charge in [0.05, 0.1) is 13.1 Å². The van der Waals surface area contributed by atoms with E-state index in [1.807, 2.05) is 37.9 Å². The summed E-state index contributed by atoms with van der Waals surface area (Å²) in [6.45, 7) is 12.5. The maximum atomic E-state index is 12.6. The number of aryl methyl sites for hydroxylation is 1. The zero-order chi connectivity index (χ0) is 19.8. The van der Waals surface area contributed by atoms with E-state index < -0.39 is 0 Å². The molecule has 2 rings (SSSR count). The van der Waals surface area contributed by atoms with Gasteiger partial charge in [-0.15, -0.1) is 0 Å². The molecule has 1 fully saturated rings. The van der Waals surface area contributed by atoms with Crippen LogP contribution in [0.4, 0.5) is 0 Å². The van der Waals surface area contributed by atoms with Gasteiger partial charge in [0.15, 0.2) is 0 Å². The number of piperazine rings is 1. The molecule has 1 aromatic carbocycles. The Balaban J connectivity index is 1.75. The zero-order valence-corrected chi connectivity index (χ0v) is 17.3. The predicted molar refractivity (Wildman–Crippen MR) is 108 cm³/mol. The van der Waals surface area contributed by atoms with Crippen molar-refractivity contribution in [3.63, 3.8) is 0 Å². The molecule has 0 unspecified atom stereocenters. The Bertz CT molecular complexity index is 622. The number of amides is 2. The van der Waals surface area contributed by atoms with E-state index in [1.54, 1.807) is 4.90 Å². The monoisotopic (exact) mass is 374 g/mol. The van der Waals surface area contributed by atoms with Crippen molar-refractivity contribution >= 4 is 11.8 Å². The second-order valence-electron chi connectivity index (χ2n) is 7.29. The largest absolute Gasteiger partial charge is 0.342 e. The van der Waals surface area contributed by atoms with Gasteiger partial charge in [-0.2, -0.15) is 0 Å². The first-order valence-corrected chi connectivity index (χ1v) is 9.95. The minimum Gasteiger partial charge on any atom is -0.342 e. The molecule has 0 atom stereocenters. The van der Waals surface area contributed by atoms with Gasteiger partial charge < -0.3 is 9.80 Å². The van der Waals surface area contributed by atoms with Gasteiger partial charge in [-0.25, -0.2) is 0 Å². The van der Waals surface area contributed by atoms with Crippen LogP contribution in [0.15, 0.2) is 24.3 Å². The molecule has 2 amide bonds. The van der Waals surface area contributed by atoms with Crippen LogP contribution in [0.3, 0.4) is 0 Å². The highest BCUT2D eigenvalue weighted by molar-refractivity contribution is 5.78. The maximum absolute atomic E-state index is 12.6. The van der Waals surface area contributed by atoms with E-state index in [9.17, 15) is 9.59 Å². The van der Waals surface area contributed by atoms with Crippen molar-refractivity contribution in [2.45, 2.75) is 27.3 Å². The topological polar surface area (TPSA) is 47.1 Å². The molecule has 6 heteroatoms. The van der Waals surface area contributed by atoms with Gasteiger partial charge in [-0.1, -0.05) is 24.3 Å². The van der Waals surface area contributed by atoms with Crippen LogP contribution in [0, 0.1) is 6.92 Å². The van der Waals surface area contributed by atoms with Crippen LogP contribution in [0.2, 0.25) is 0 Å². The molecule has 1 aliphatic rings. The Hall–Kier alpha value is -1.92. The minimum absolute atomic E-state index is 0.144. The molecular weight excluding hydrogens is 340 g/mol. The number of nitrogens with zero attached hydrogens (tertiary/aromatic N) is 4. The van der Waals surface area contributed by atoms with Crippen molar-refractivity contribution in [3.8, 4) is 0 Å².